The second kappa shape index (κ2) is 5.97. The number of nitrogens with one attached hydrogen (secondary N) is 1. The lowest BCUT2D eigenvalue weighted by molar-refractivity contribution is 0.0662. The number of hydrogen-bond acceptors (Lipinski definition) is 3. The molecular formula is C15H18N4O2. The zero-order valence-corrected chi connectivity index (χ0v) is 11.7. The molecule has 3 rings (SSSR count). The topological polar surface area (TPSA) is 82.2 Å². The minimum absolute atomic E-state index is 0.402. The molecule has 0 bridgehead atoms. The average Bonchev–Trinajstić information content (AvgIpc) is 2.98. The molecule has 1 aliphatic rings. The number of hydrogen-bond donors (Lipinski definition) is 2. The molecule has 110 valence electrons. The minimum atomic E-state index is -0.565. The van der Waals surface area contributed by atoms with E-state index >= 15 is 0 Å². The van der Waals surface area contributed by atoms with Crippen LogP contribution < -0.4 is 11.1 Å². The Labute approximate surface area is 122 Å². The Balaban J connectivity index is 1.80. The largest absolute Gasteiger partial charge is 0.381 e. The van der Waals surface area contributed by atoms with Crippen LogP contribution in [0.5, 0.6) is 0 Å². The number of urea groups is 1. The van der Waals surface area contributed by atoms with Gasteiger partial charge in [0.25, 0.3) is 0 Å². The van der Waals surface area contributed by atoms with Crippen molar-refractivity contribution in [1.29, 1.82) is 0 Å². The highest BCUT2D eigenvalue weighted by molar-refractivity contribution is 5.88. The predicted octanol–water partition coefficient (Wildman–Crippen LogP) is 2.39. The number of amides is 2. The number of benzene rings is 1. The Bertz CT molecular complexity index is 632. The van der Waals surface area contributed by atoms with Gasteiger partial charge in [0.2, 0.25) is 0 Å². The van der Waals surface area contributed by atoms with Crippen molar-refractivity contribution < 1.29 is 9.53 Å². The molecule has 6 nitrogen and oxygen atoms in total. The predicted molar refractivity (Wildman–Crippen MR) is 80.0 cm³/mol. The van der Waals surface area contributed by atoms with Crippen molar-refractivity contribution in [2.45, 2.75) is 18.9 Å². The molecule has 21 heavy (non-hydrogen) atoms. The van der Waals surface area contributed by atoms with Crippen LogP contribution in [-0.4, -0.2) is 29.0 Å². The molecule has 1 aromatic carbocycles. The van der Waals surface area contributed by atoms with Gasteiger partial charge < -0.3 is 15.8 Å². The summed E-state index contributed by atoms with van der Waals surface area (Å²) < 4.78 is 7.38. The molecule has 1 aromatic heterocycles. The molecule has 0 unspecified atom stereocenters. The third kappa shape index (κ3) is 3.22. The standard InChI is InChI=1S/C15H18N4O2/c16-15(20)18-13-3-1-2-11(8-13)12-9-17-19(10-12)14-4-6-21-7-5-14/h1-3,8-10,14H,4-7H2,(H3,16,18,20). The van der Waals surface area contributed by atoms with Crippen LogP contribution in [-0.2, 0) is 4.74 Å². The fourth-order valence-electron chi connectivity index (χ4n) is 2.56. The number of nitrogens with zero attached hydrogens (tertiary/aromatic N) is 2. The molecule has 0 aliphatic carbocycles. The normalized spacial score (nSPS) is 15.8. The number of aromatic nitrogens is 2. The van der Waals surface area contributed by atoms with Crippen molar-refractivity contribution in [2.75, 3.05) is 18.5 Å². The summed E-state index contributed by atoms with van der Waals surface area (Å²) in [6, 6.07) is 7.39. The molecule has 2 aromatic rings. The van der Waals surface area contributed by atoms with Crippen LogP contribution in [0, 0.1) is 0 Å². The van der Waals surface area contributed by atoms with Gasteiger partial charge in [-0.25, -0.2) is 4.79 Å². The number of rotatable bonds is 3. The van der Waals surface area contributed by atoms with E-state index in [1.165, 1.54) is 0 Å². The van der Waals surface area contributed by atoms with Gasteiger partial charge in [0, 0.05) is 30.7 Å². The van der Waals surface area contributed by atoms with Crippen LogP contribution in [0.25, 0.3) is 11.1 Å². The lowest BCUT2D eigenvalue weighted by Crippen LogP contribution is -2.19. The summed E-state index contributed by atoms with van der Waals surface area (Å²) in [4.78, 5) is 10.9. The maximum atomic E-state index is 10.9. The Morgan fingerprint density at radius 3 is 2.90 bits per heavy atom. The van der Waals surface area contributed by atoms with E-state index in [-0.39, 0.29) is 0 Å². The van der Waals surface area contributed by atoms with E-state index < -0.39 is 6.03 Å². The summed E-state index contributed by atoms with van der Waals surface area (Å²) in [7, 11) is 0. The number of nitrogens with two attached hydrogens (primary N) is 1. The Morgan fingerprint density at radius 1 is 1.33 bits per heavy atom. The van der Waals surface area contributed by atoms with Gasteiger partial charge in [-0.1, -0.05) is 12.1 Å². The minimum Gasteiger partial charge on any atom is -0.381 e. The van der Waals surface area contributed by atoms with E-state index in [0.29, 0.717) is 11.7 Å². The summed E-state index contributed by atoms with van der Waals surface area (Å²) in [5, 5.41) is 7.04. The molecule has 1 aliphatic heterocycles. The lowest BCUT2D eigenvalue weighted by Gasteiger charge is -2.22. The lowest BCUT2D eigenvalue weighted by atomic mass is 10.1. The molecule has 6 heteroatoms. The monoisotopic (exact) mass is 286 g/mol. The number of anilines is 1. The van der Waals surface area contributed by atoms with Crippen LogP contribution in [0.4, 0.5) is 10.5 Å². The maximum absolute atomic E-state index is 10.9. The van der Waals surface area contributed by atoms with Gasteiger partial charge in [0.15, 0.2) is 0 Å². The third-order valence-electron chi connectivity index (χ3n) is 3.63. The highest BCUT2D eigenvalue weighted by atomic mass is 16.5. The zero-order chi connectivity index (χ0) is 14.7. The number of ether oxygens (including phenoxy) is 1. The molecule has 3 N–H and O–H groups in total. The average molecular weight is 286 g/mol. The number of primary amides is 1. The fraction of sp³-hybridized carbons (Fsp3) is 0.333. The van der Waals surface area contributed by atoms with E-state index in [1.54, 1.807) is 6.07 Å². The quantitative estimate of drug-likeness (QED) is 0.908. The molecule has 0 saturated carbocycles. The van der Waals surface area contributed by atoms with E-state index in [4.69, 9.17) is 10.5 Å². The van der Waals surface area contributed by atoms with Crippen LogP contribution in [0.15, 0.2) is 36.7 Å². The van der Waals surface area contributed by atoms with Crippen molar-refractivity contribution in [3.63, 3.8) is 0 Å². The first-order valence-corrected chi connectivity index (χ1v) is 7.01. The van der Waals surface area contributed by atoms with Gasteiger partial charge in [-0.15, -0.1) is 0 Å². The van der Waals surface area contributed by atoms with Crippen LogP contribution in [0.3, 0.4) is 0 Å². The highest BCUT2D eigenvalue weighted by Gasteiger charge is 2.16. The Kier molecular flexibility index (Phi) is 3.87. The van der Waals surface area contributed by atoms with Gasteiger partial charge in [-0.05, 0) is 30.5 Å². The van der Waals surface area contributed by atoms with Crippen molar-refractivity contribution in [2.24, 2.45) is 5.73 Å². The van der Waals surface area contributed by atoms with Crippen molar-refractivity contribution in [3.8, 4) is 11.1 Å². The van der Waals surface area contributed by atoms with Gasteiger partial charge in [-0.2, -0.15) is 5.10 Å². The van der Waals surface area contributed by atoms with Gasteiger partial charge in [0.1, 0.15) is 0 Å². The van der Waals surface area contributed by atoms with Crippen molar-refractivity contribution in [3.05, 3.63) is 36.7 Å². The second-order valence-electron chi connectivity index (χ2n) is 5.12. The van der Waals surface area contributed by atoms with E-state index in [2.05, 4.69) is 10.4 Å². The fourth-order valence-corrected chi connectivity index (χ4v) is 2.56. The summed E-state index contributed by atoms with van der Waals surface area (Å²) in [5.74, 6) is 0. The molecule has 2 heterocycles. The van der Waals surface area contributed by atoms with Crippen LogP contribution >= 0.6 is 0 Å². The summed E-state index contributed by atoms with van der Waals surface area (Å²) in [6.07, 6.45) is 5.87. The summed E-state index contributed by atoms with van der Waals surface area (Å²) in [6.45, 7) is 1.58. The number of carbonyl (C=O) groups is 1. The molecule has 0 radical (unpaired) electrons. The molecule has 1 saturated heterocycles. The van der Waals surface area contributed by atoms with E-state index in [9.17, 15) is 4.79 Å². The van der Waals surface area contributed by atoms with E-state index in [1.807, 2.05) is 35.3 Å². The number of carbonyl (C=O) groups excluding carboxylic acids is 1. The summed E-state index contributed by atoms with van der Waals surface area (Å²) in [5.41, 5.74) is 7.84. The molecule has 0 spiro atoms. The molecule has 1 fully saturated rings. The summed E-state index contributed by atoms with van der Waals surface area (Å²) >= 11 is 0. The van der Waals surface area contributed by atoms with Crippen LogP contribution in [0.2, 0.25) is 0 Å². The molecule has 2 amide bonds. The zero-order valence-electron chi connectivity index (χ0n) is 11.7. The first-order chi connectivity index (χ1) is 10.2. The van der Waals surface area contributed by atoms with Crippen LogP contribution in [0.1, 0.15) is 18.9 Å². The van der Waals surface area contributed by atoms with Crippen molar-refractivity contribution in [1.82, 2.24) is 9.78 Å². The molecular weight excluding hydrogens is 268 g/mol. The SMILES string of the molecule is NC(=O)Nc1cccc(-c2cnn(C3CCOCC3)c2)c1. The molecule has 0 atom stereocenters. The van der Waals surface area contributed by atoms with Gasteiger partial charge in [0.05, 0.1) is 12.2 Å². The third-order valence-corrected chi connectivity index (χ3v) is 3.63. The van der Waals surface area contributed by atoms with Gasteiger partial charge in [-0.3, -0.25) is 4.68 Å². The van der Waals surface area contributed by atoms with E-state index in [0.717, 1.165) is 37.2 Å². The van der Waals surface area contributed by atoms with Crippen molar-refractivity contribution >= 4 is 11.7 Å². The van der Waals surface area contributed by atoms with Gasteiger partial charge >= 0.3 is 6.03 Å². The second-order valence-corrected chi connectivity index (χ2v) is 5.12. The highest BCUT2D eigenvalue weighted by Crippen LogP contribution is 2.26. The first kappa shape index (κ1) is 13.6. The smallest absolute Gasteiger partial charge is 0.316 e. The maximum Gasteiger partial charge on any atom is 0.316 e. The Hall–Kier alpha value is -2.34. The Morgan fingerprint density at radius 2 is 2.14 bits per heavy atom. The first-order valence-electron chi connectivity index (χ1n) is 7.01.